The third kappa shape index (κ3) is 5.66. The Hall–Kier alpha value is -3.38. The van der Waals surface area contributed by atoms with E-state index >= 15 is 0 Å². The van der Waals surface area contributed by atoms with Crippen LogP contribution in [0, 0.1) is 0 Å². The summed E-state index contributed by atoms with van der Waals surface area (Å²) < 4.78 is 28.4. The predicted molar refractivity (Wildman–Crippen MR) is 137 cm³/mol. The van der Waals surface area contributed by atoms with Crippen LogP contribution in [0.25, 0.3) is 6.08 Å². The lowest BCUT2D eigenvalue weighted by molar-refractivity contribution is -0.324. The molecule has 0 spiro atoms. The second-order valence-electron chi connectivity index (χ2n) is 10.3. The van der Waals surface area contributed by atoms with Crippen molar-refractivity contribution in [2.45, 2.75) is 74.4 Å². The van der Waals surface area contributed by atoms with Crippen molar-refractivity contribution in [2.24, 2.45) is 0 Å². The predicted octanol–water partition coefficient (Wildman–Crippen LogP) is -1.35. The molecule has 42 heavy (non-hydrogen) atoms. The van der Waals surface area contributed by atoms with Crippen LogP contribution in [0.1, 0.15) is 24.2 Å². The summed E-state index contributed by atoms with van der Waals surface area (Å²) in [5.74, 6) is -1.63. The van der Waals surface area contributed by atoms with E-state index in [1.165, 1.54) is 37.3 Å². The number of rotatable bonds is 6. The molecule has 15 heteroatoms. The third-order valence-corrected chi connectivity index (χ3v) is 7.35. The molecule has 3 aliphatic rings. The van der Waals surface area contributed by atoms with Gasteiger partial charge >= 0.3 is 0 Å². The van der Waals surface area contributed by atoms with Gasteiger partial charge in [0.15, 0.2) is 23.9 Å². The first kappa shape index (κ1) is 30.1. The SMILES string of the molecule is C[C@@H]1O[C@@H](OC[C@@H]2O[C@@H](OC3=Cc4c(O)cc(O)cc4OC3c3ccc(O)c(O)c3)[C@@H](O)[C@H](O)[C@H]2O)[C@@H](O)[C@@H](O)[C@H]1O. The molecular formula is C27H32O15. The number of hydrogen-bond acceptors (Lipinski definition) is 15. The largest absolute Gasteiger partial charge is 0.508 e. The van der Waals surface area contributed by atoms with Crippen LogP contribution in [0.4, 0.5) is 0 Å². The molecule has 2 saturated heterocycles. The highest BCUT2D eigenvalue weighted by atomic mass is 16.7. The summed E-state index contributed by atoms with van der Waals surface area (Å²) >= 11 is 0. The van der Waals surface area contributed by atoms with Crippen LogP contribution in [0.3, 0.4) is 0 Å². The summed E-state index contributed by atoms with van der Waals surface area (Å²) in [6.07, 6.45) is -15.1. The van der Waals surface area contributed by atoms with Crippen molar-refractivity contribution in [3.63, 3.8) is 0 Å². The van der Waals surface area contributed by atoms with Gasteiger partial charge in [-0.2, -0.15) is 0 Å². The fourth-order valence-corrected chi connectivity index (χ4v) is 4.90. The molecule has 0 aromatic heterocycles. The molecule has 5 rings (SSSR count). The lowest BCUT2D eigenvalue weighted by Gasteiger charge is -2.43. The van der Waals surface area contributed by atoms with Crippen LogP contribution < -0.4 is 4.74 Å². The Morgan fingerprint density at radius 3 is 2.12 bits per heavy atom. The number of ether oxygens (including phenoxy) is 5. The number of benzene rings is 2. The maximum Gasteiger partial charge on any atom is 0.228 e. The van der Waals surface area contributed by atoms with Crippen molar-refractivity contribution in [3.8, 4) is 28.7 Å². The van der Waals surface area contributed by atoms with Gasteiger partial charge in [-0.15, -0.1) is 0 Å². The number of fused-ring (bicyclic) bond motifs is 1. The average Bonchev–Trinajstić information content (AvgIpc) is 2.95. The summed E-state index contributed by atoms with van der Waals surface area (Å²) in [5, 5.41) is 102. The van der Waals surface area contributed by atoms with Crippen molar-refractivity contribution in [3.05, 3.63) is 47.2 Å². The molecule has 230 valence electrons. The van der Waals surface area contributed by atoms with E-state index in [2.05, 4.69) is 0 Å². The van der Waals surface area contributed by atoms with E-state index in [4.69, 9.17) is 23.7 Å². The van der Waals surface area contributed by atoms with Gasteiger partial charge in [-0.05, 0) is 25.1 Å². The van der Waals surface area contributed by atoms with Gasteiger partial charge in [-0.1, -0.05) is 6.07 Å². The smallest absolute Gasteiger partial charge is 0.228 e. The lowest BCUT2D eigenvalue weighted by Crippen LogP contribution is -2.61. The Bertz CT molecular complexity index is 1320. The molecule has 0 amide bonds. The topological polar surface area (TPSA) is 248 Å². The van der Waals surface area contributed by atoms with E-state index in [1.54, 1.807) is 0 Å². The van der Waals surface area contributed by atoms with Crippen molar-refractivity contribution < 1.29 is 74.7 Å². The van der Waals surface area contributed by atoms with E-state index in [1.807, 2.05) is 0 Å². The maximum atomic E-state index is 10.7. The van der Waals surface area contributed by atoms with Gasteiger partial charge in [0.1, 0.15) is 65.7 Å². The van der Waals surface area contributed by atoms with E-state index in [0.717, 1.165) is 6.07 Å². The number of phenolic OH excluding ortho intramolecular Hbond substituents is 4. The monoisotopic (exact) mass is 596 g/mol. The number of aromatic hydroxyl groups is 4. The second-order valence-corrected chi connectivity index (χ2v) is 10.3. The molecule has 15 nitrogen and oxygen atoms in total. The van der Waals surface area contributed by atoms with Crippen LogP contribution in [0.5, 0.6) is 28.7 Å². The van der Waals surface area contributed by atoms with Gasteiger partial charge in [-0.3, -0.25) is 0 Å². The summed E-state index contributed by atoms with van der Waals surface area (Å²) in [5.41, 5.74) is 0.334. The van der Waals surface area contributed by atoms with Crippen molar-refractivity contribution in [2.75, 3.05) is 6.61 Å². The standard InChI is InChI=1S/C27H32O15/c1-9-19(32)21(34)23(36)26(39-9)38-8-18-20(33)22(35)24(37)27(42-18)41-17-7-12-14(30)5-11(28)6-16(12)40-25(17)10-2-3-13(29)15(31)4-10/h2-7,9,18-37H,8H2,1H3/t9-,18-,19-,20-,21-,22+,23-,24-,25?,26+,27+/m0/s1. The van der Waals surface area contributed by atoms with E-state index < -0.39 is 85.6 Å². The Balaban J connectivity index is 1.39. The molecule has 0 bridgehead atoms. The molecule has 0 saturated carbocycles. The fraction of sp³-hybridized carbons (Fsp3) is 0.481. The van der Waals surface area contributed by atoms with Gasteiger partial charge in [-0.25, -0.2) is 0 Å². The number of phenols is 4. The first-order valence-corrected chi connectivity index (χ1v) is 13.0. The fourth-order valence-electron chi connectivity index (χ4n) is 4.90. The lowest BCUT2D eigenvalue weighted by atomic mass is 9.98. The number of aliphatic hydroxyl groups is 6. The highest BCUT2D eigenvalue weighted by Crippen LogP contribution is 2.45. The van der Waals surface area contributed by atoms with Crippen molar-refractivity contribution >= 4 is 6.08 Å². The zero-order chi connectivity index (χ0) is 30.5. The minimum Gasteiger partial charge on any atom is -0.508 e. The van der Waals surface area contributed by atoms with Crippen molar-refractivity contribution in [1.82, 2.24) is 0 Å². The Labute approximate surface area is 238 Å². The van der Waals surface area contributed by atoms with E-state index in [0.29, 0.717) is 0 Å². The average molecular weight is 597 g/mol. The number of hydrogen-bond donors (Lipinski definition) is 10. The quantitative estimate of drug-likeness (QED) is 0.173. The van der Waals surface area contributed by atoms with E-state index in [-0.39, 0.29) is 34.1 Å². The molecule has 2 aromatic rings. The Morgan fingerprint density at radius 2 is 1.40 bits per heavy atom. The molecular weight excluding hydrogens is 564 g/mol. The summed E-state index contributed by atoms with van der Waals surface area (Å²) in [6.45, 7) is 0.934. The van der Waals surface area contributed by atoms with Crippen LogP contribution in [0.2, 0.25) is 0 Å². The minimum atomic E-state index is -1.81. The first-order chi connectivity index (χ1) is 19.8. The maximum absolute atomic E-state index is 10.7. The van der Waals surface area contributed by atoms with Crippen LogP contribution in [0.15, 0.2) is 36.1 Å². The molecule has 1 unspecified atom stereocenters. The molecule has 3 aliphatic heterocycles. The van der Waals surface area contributed by atoms with Crippen LogP contribution in [-0.4, -0.2) is 119 Å². The van der Waals surface area contributed by atoms with Crippen LogP contribution in [-0.2, 0) is 18.9 Å². The molecule has 11 atom stereocenters. The van der Waals surface area contributed by atoms with Gasteiger partial charge in [0.05, 0.1) is 18.3 Å². The number of aliphatic hydroxyl groups excluding tert-OH is 6. The van der Waals surface area contributed by atoms with Gasteiger partial charge in [0.2, 0.25) is 6.29 Å². The van der Waals surface area contributed by atoms with E-state index in [9.17, 15) is 51.1 Å². The van der Waals surface area contributed by atoms with Gasteiger partial charge in [0.25, 0.3) is 0 Å². The van der Waals surface area contributed by atoms with Crippen LogP contribution >= 0.6 is 0 Å². The summed E-state index contributed by atoms with van der Waals surface area (Å²) in [6, 6.07) is 6.06. The molecule has 0 radical (unpaired) electrons. The molecule has 0 aliphatic carbocycles. The highest BCUT2D eigenvalue weighted by Gasteiger charge is 2.48. The Kier molecular flexibility index (Phi) is 8.39. The van der Waals surface area contributed by atoms with Gasteiger partial charge < -0.3 is 74.7 Å². The second kappa shape index (κ2) is 11.7. The molecule has 3 heterocycles. The Morgan fingerprint density at radius 1 is 0.714 bits per heavy atom. The first-order valence-electron chi connectivity index (χ1n) is 13.0. The highest BCUT2D eigenvalue weighted by molar-refractivity contribution is 5.69. The molecule has 2 fully saturated rings. The zero-order valence-corrected chi connectivity index (χ0v) is 22.0. The zero-order valence-electron chi connectivity index (χ0n) is 22.0. The normalized spacial score (nSPS) is 36.5. The molecule has 2 aromatic carbocycles. The third-order valence-electron chi connectivity index (χ3n) is 7.35. The minimum absolute atomic E-state index is 0.0387. The van der Waals surface area contributed by atoms with Gasteiger partial charge in [0, 0.05) is 17.7 Å². The van der Waals surface area contributed by atoms with Crippen molar-refractivity contribution in [1.29, 1.82) is 0 Å². The molecule has 10 N–H and O–H groups in total. The summed E-state index contributed by atoms with van der Waals surface area (Å²) in [4.78, 5) is 0. The summed E-state index contributed by atoms with van der Waals surface area (Å²) in [7, 11) is 0.